The lowest BCUT2D eigenvalue weighted by Gasteiger charge is -2.38. The maximum Gasteiger partial charge on any atom is -0.0250 e. The highest BCUT2D eigenvalue weighted by Gasteiger charge is 2.30. The van der Waals surface area contributed by atoms with Crippen molar-refractivity contribution < 1.29 is 0 Å². The highest BCUT2D eigenvalue weighted by molar-refractivity contribution is 5.15. The van der Waals surface area contributed by atoms with Gasteiger partial charge in [-0.05, 0) is 74.2 Å². The van der Waals surface area contributed by atoms with Crippen molar-refractivity contribution in [3.63, 3.8) is 0 Å². The summed E-state index contributed by atoms with van der Waals surface area (Å²) >= 11 is 0. The van der Waals surface area contributed by atoms with Crippen LogP contribution < -0.4 is 0 Å². The summed E-state index contributed by atoms with van der Waals surface area (Å²) in [6, 6.07) is 11.1. The first-order valence-electron chi connectivity index (χ1n) is 10.4. The van der Waals surface area contributed by atoms with E-state index in [0.717, 1.165) is 23.7 Å². The molecule has 0 saturated heterocycles. The van der Waals surface area contributed by atoms with Crippen molar-refractivity contribution in [3.8, 4) is 0 Å². The highest BCUT2D eigenvalue weighted by atomic mass is 14.4. The quantitative estimate of drug-likeness (QED) is 0.529. The molecule has 0 radical (unpaired) electrons. The van der Waals surface area contributed by atoms with Crippen LogP contribution >= 0.6 is 0 Å². The Morgan fingerprint density at radius 3 is 1.87 bits per heavy atom. The van der Waals surface area contributed by atoms with Gasteiger partial charge in [-0.25, -0.2) is 0 Å². The maximum absolute atomic E-state index is 2.33. The fourth-order valence-electron chi connectivity index (χ4n) is 5.25. The maximum atomic E-state index is 2.33. The third kappa shape index (κ3) is 5.10. The zero-order valence-electron chi connectivity index (χ0n) is 15.2. The molecule has 0 amide bonds. The average molecular weight is 313 g/mol. The van der Waals surface area contributed by atoms with E-state index in [1.807, 2.05) is 0 Å². The van der Waals surface area contributed by atoms with Gasteiger partial charge in [-0.2, -0.15) is 0 Å². The highest BCUT2D eigenvalue weighted by Crippen LogP contribution is 2.42. The van der Waals surface area contributed by atoms with E-state index in [9.17, 15) is 0 Å². The van der Waals surface area contributed by atoms with Crippen molar-refractivity contribution in [1.82, 2.24) is 0 Å². The van der Waals surface area contributed by atoms with Gasteiger partial charge in [0.2, 0.25) is 0 Å². The Balaban J connectivity index is 1.38. The second kappa shape index (κ2) is 8.90. The van der Waals surface area contributed by atoms with Crippen molar-refractivity contribution in [2.24, 2.45) is 23.7 Å². The summed E-state index contributed by atoms with van der Waals surface area (Å²) in [5.74, 6) is 4.16. The number of rotatable bonds is 6. The molecular formula is C23H36. The average Bonchev–Trinajstić information content (AvgIpc) is 2.62. The Labute approximate surface area is 144 Å². The molecule has 128 valence electrons. The molecular weight excluding hydrogens is 276 g/mol. The summed E-state index contributed by atoms with van der Waals surface area (Å²) in [7, 11) is 0. The summed E-state index contributed by atoms with van der Waals surface area (Å²) < 4.78 is 0. The first-order chi connectivity index (χ1) is 11.3. The van der Waals surface area contributed by atoms with E-state index in [0.29, 0.717) is 0 Å². The van der Waals surface area contributed by atoms with Gasteiger partial charge in [-0.3, -0.25) is 0 Å². The third-order valence-corrected chi connectivity index (χ3v) is 6.78. The van der Waals surface area contributed by atoms with E-state index >= 15 is 0 Å². The number of hydrogen-bond donors (Lipinski definition) is 0. The predicted molar refractivity (Wildman–Crippen MR) is 101 cm³/mol. The van der Waals surface area contributed by atoms with Crippen LogP contribution in [0.4, 0.5) is 0 Å². The van der Waals surface area contributed by atoms with Crippen LogP contribution in [0.2, 0.25) is 0 Å². The van der Waals surface area contributed by atoms with Crippen LogP contribution in [0.3, 0.4) is 0 Å². The van der Waals surface area contributed by atoms with Gasteiger partial charge in [-0.1, -0.05) is 69.4 Å². The summed E-state index contributed by atoms with van der Waals surface area (Å²) in [4.78, 5) is 0. The second-order valence-corrected chi connectivity index (χ2v) is 8.39. The lowest BCUT2D eigenvalue weighted by Crippen LogP contribution is -2.26. The van der Waals surface area contributed by atoms with E-state index in [2.05, 4.69) is 37.3 Å². The molecule has 0 bridgehead atoms. The van der Waals surface area contributed by atoms with Crippen LogP contribution in [-0.2, 0) is 6.42 Å². The number of unbranched alkanes of at least 4 members (excludes halogenated alkanes) is 1. The van der Waals surface area contributed by atoms with E-state index in [4.69, 9.17) is 0 Å². The van der Waals surface area contributed by atoms with Gasteiger partial charge < -0.3 is 0 Å². The van der Waals surface area contributed by atoms with Gasteiger partial charge in [0.25, 0.3) is 0 Å². The van der Waals surface area contributed by atoms with Gasteiger partial charge in [0.05, 0.1) is 0 Å². The molecule has 2 aliphatic rings. The molecule has 2 fully saturated rings. The standard InChI is InChI=1S/C23H36/c1-2-3-7-19-10-14-22(15-11-19)23-16-12-21(13-17-23)18-20-8-5-4-6-9-20/h4-6,8-9,19,21-23H,2-3,7,10-18H2,1H3/t19-,21?,22-,23?. The minimum Gasteiger partial charge on any atom is -0.0654 e. The molecule has 0 aliphatic heterocycles. The molecule has 2 saturated carbocycles. The molecule has 0 N–H and O–H groups in total. The number of benzene rings is 1. The Kier molecular flexibility index (Phi) is 6.60. The number of hydrogen-bond acceptors (Lipinski definition) is 0. The van der Waals surface area contributed by atoms with E-state index in [-0.39, 0.29) is 0 Å². The molecule has 0 atom stereocenters. The van der Waals surface area contributed by atoms with Crippen molar-refractivity contribution in [3.05, 3.63) is 35.9 Å². The minimum atomic E-state index is 0.953. The van der Waals surface area contributed by atoms with E-state index < -0.39 is 0 Å². The fourth-order valence-corrected chi connectivity index (χ4v) is 5.25. The molecule has 2 aliphatic carbocycles. The summed E-state index contributed by atoms with van der Waals surface area (Å²) in [5, 5.41) is 0. The van der Waals surface area contributed by atoms with Crippen LogP contribution in [0.1, 0.15) is 83.1 Å². The normalized spacial score (nSPS) is 31.9. The first-order valence-corrected chi connectivity index (χ1v) is 10.4. The third-order valence-electron chi connectivity index (χ3n) is 6.78. The molecule has 0 unspecified atom stereocenters. The smallest absolute Gasteiger partial charge is 0.0250 e. The van der Waals surface area contributed by atoms with Crippen LogP contribution in [0, 0.1) is 23.7 Å². The van der Waals surface area contributed by atoms with Gasteiger partial charge in [-0.15, -0.1) is 0 Å². The summed E-state index contributed by atoms with van der Waals surface area (Å²) in [5.41, 5.74) is 1.55. The molecule has 0 aromatic heterocycles. The second-order valence-electron chi connectivity index (χ2n) is 8.39. The van der Waals surface area contributed by atoms with Gasteiger partial charge in [0.15, 0.2) is 0 Å². The van der Waals surface area contributed by atoms with Crippen LogP contribution in [-0.4, -0.2) is 0 Å². The largest absolute Gasteiger partial charge is 0.0654 e. The van der Waals surface area contributed by atoms with Crippen molar-refractivity contribution in [2.75, 3.05) is 0 Å². The van der Waals surface area contributed by atoms with Gasteiger partial charge >= 0.3 is 0 Å². The van der Waals surface area contributed by atoms with Gasteiger partial charge in [0, 0.05) is 0 Å². The molecule has 23 heavy (non-hydrogen) atoms. The zero-order valence-corrected chi connectivity index (χ0v) is 15.2. The summed E-state index contributed by atoms with van der Waals surface area (Å²) in [6.07, 6.45) is 17.8. The lowest BCUT2D eigenvalue weighted by atomic mass is 9.68. The zero-order chi connectivity index (χ0) is 15.9. The van der Waals surface area contributed by atoms with Crippen LogP contribution in [0.5, 0.6) is 0 Å². The predicted octanol–water partition coefficient (Wildman–Crippen LogP) is 7.03. The Morgan fingerprint density at radius 2 is 1.30 bits per heavy atom. The summed E-state index contributed by atoms with van der Waals surface area (Å²) in [6.45, 7) is 2.33. The molecule has 3 rings (SSSR count). The Hall–Kier alpha value is -0.780. The molecule has 0 nitrogen and oxygen atoms in total. The molecule has 1 aromatic carbocycles. The van der Waals surface area contributed by atoms with Crippen LogP contribution in [0.15, 0.2) is 30.3 Å². The molecule has 1 aromatic rings. The van der Waals surface area contributed by atoms with Crippen LogP contribution in [0.25, 0.3) is 0 Å². The fraction of sp³-hybridized carbons (Fsp3) is 0.739. The Morgan fingerprint density at radius 1 is 0.739 bits per heavy atom. The van der Waals surface area contributed by atoms with Crippen molar-refractivity contribution >= 4 is 0 Å². The first kappa shape index (κ1) is 17.1. The molecule has 0 spiro atoms. The molecule has 0 heteroatoms. The lowest BCUT2D eigenvalue weighted by molar-refractivity contribution is 0.143. The topological polar surface area (TPSA) is 0 Å². The minimum absolute atomic E-state index is 0.953. The Bertz CT molecular complexity index is 419. The molecule has 0 heterocycles. The van der Waals surface area contributed by atoms with Gasteiger partial charge in [0.1, 0.15) is 0 Å². The van der Waals surface area contributed by atoms with Crippen molar-refractivity contribution in [2.45, 2.75) is 84.0 Å². The van der Waals surface area contributed by atoms with E-state index in [1.54, 1.807) is 18.4 Å². The van der Waals surface area contributed by atoms with Crippen molar-refractivity contribution in [1.29, 1.82) is 0 Å². The van der Waals surface area contributed by atoms with E-state index in [1.165, 1.54) is 64.2 Å². The SMILES string of the molecule is CCCC[C@H]1CC[C@H](C2CCC(Cc3ccccc3)CC2)CC1. The monoisotopic (exact) mass is 312 g/mol.